The van der Waals surface area contributed by atoms with Gasteiger partial charge in [-0.1, -0.05) is 40.2 Å². The summed E-state index contributed by atoms with van der Waals surface area (Å²) < 4.78 is 8.04. The Kier molecular flexibility index (Phi) is 5.62. The number of amides is 1. The zero-order valence-corrected chi connectivity index (χ0v) is 19.3. The van der Waals surface area contributed by atoms with Crippen LogP contribution < -0.4 is 10.1 Å². The molecule has 0 aliphatic heterocycles. The van der Waals surface area contributed by atoms with Crippen molar-refractivity contribution >= 4 is 49.1 Å². The van der Waals surface area contributed by atoms with Crippen molar-refractivity contribution in [2.24, 2.45) is 0 Å². The van der Waals surface area contributed by atoms with Crippen LogP contribution in [0.1, 0.15) is 19.4 Å². The third-order valence-corrected chi connectivity index (χ3v) is 6.37. The predicted molar refractivity (Wildman–Crippen MR) is 127 cm³/mol. The predicted octanol–water partition coefficient (Wildman–Crippen LogP) is 6.83. The van der Waals surface area contributed by atoms with Crippen LogP contribution in [0.2, 0.25) is 0 Å². The fourth-order valence-corrected chi connectivity index (χ4v) is 4.23. The highest BCUT2D eigenvalue weighted by Gasteiger charge is 2.30. The van der Waals surface area contributed by atoms with Crippen molar-refractivity contribution in [1.82, 2.24) is 4.98 Å². The van der Waals surface area contributed by atoms with Gasteiger partial charge in [0.05, 0.1) is 10.2 Å². The Hall–Kier alpha value is -2.70. The standard InChI is InChI=1S/C24H21BrN2O2S/c1-15-8-9-16(22-26-19-6-4-5-7-21(19)30-22)14-20(15)27-23(28)24(2,3)29-18-12-10-17(25)11-13-18/h4-14H,1-3H3,(H,27,28). The van der Waals surface area contributed by atoms with Gasteiger partial charge in [-0.05, 0) is 68.8 Å². The van der Waals surface area contributed by atoms with Gasteiger partial charge < -0.3 is 10.1 Å². The van der Waals surface area contributed by atoms with Crippen molar-refractivity contribution in [3.8, 4) is 16.3 Å². The van der Waals surface area contributed by atoms with Crippen LogP contribution >= 0.6 is 27.3 Å². The van der Waals surface area contributed by atoms with Gasteiger partial charge in [0.1, 0.15) is 10.8 Å². The highest BCUT2D eigenvalue weighted by atomic mass is 79.9. The number of aryl methyl sites for hydroxylation is 1. The van der Waals surface area contributed by atoms with Gasteiger partial charge in [0.2, 0.25) is 0 Å². The van der Waals surface area contributed by atoms with E-state index in [0.29, 0.717) is 5.75 Å². The van der Waals surface area contributed by atoms with Crippen LogP contribution in [0, 0.1) is 6.92 Å². The quantitative estimate of drug-likeness (QED) is 0.340. The van der Waals surface area contributed by atoms with Crippen LogP contribution in [-0.2, 0) is 4.79 Å². The second-order valence-electron chi connectivity index (χ2n) is 7.54. The molecule has 3 aromatic carbocycles. The summed E-state index contributed by atoms with van der Waals surface area (Å²) in [6.07, 6.45) is 0. The number of thiazole rings is 1. The molecule has 0 saturated heterocycles. The van der Waals surface area contributed by atoms with E-state index in [1.54, 1.807) is 25.2 Å². The third-order valence-electron chi connectivity index (χ3n) is 4.76. The molecule has 4 rings (SSSR count). The maximum absolute atomic E-state index is 13.0. The van der Waals surface area contributed by atoms with E-state index in [1.165, 1.54) is 0 Å². The number of carbonyl (C=O) groups excluding carboxylic acids is 1. The molecule has 1 N–H and O–H groups in total. The zero-order chi connectivity index (χ0) is 21.3. The first kappa shape index (κ1) is 20.6. The van der Waals surface area contributed by atoms with Crippen molar-refractivity contribution in [2.45, 2.75) is 26.4 Å². The minimum atomic E-state index is -1.04. The first-order valence-electron chi connectivity index (χ1n) is 9.54. The number of carbonyl (C=O) groups is 1. The zero-order valence-electron chi connectivity index (χ0n) is 16.9. The molecule has 30 heavy (non-hydrogen) atoms. The summed E-state index contributed by atoms with van der Waals surface area (Å²) in [5, 5.41) is 3.96. The largest absolute Gasteiger partial charge is 0.478 e. The molecule has 4 nitrogen and oxygen atoms in total. The first-order chi connectivity index (χ1) is 14.3. The average molecular weight is 481 g/mol. The molecule has 0 spiro atoms. The summed E-state index contributed by atoms with van der Waals surface area (Å²) in [6, 6.07) is 21.5. The number of anilines is 1. The minimum Gasteiger partial charge on any atom is -0.478 e. The summed E-state index contributed by atoms with van der Waals surface area (Å²) in [5.74, 6) is 0.424. The number of aromatic nitrogens is 1. The molecule has 1 aromatic heterocycles. The fourth-order valence-electron chi connectivity index (χ4n) is 3.00. The lowest BCUT2D eigenvalue weighted by Crippen LogP contribution is -2.42. The van der Waals surface area contributed by atoms with Gasteiger partial charge in [-0.2, -0.15) is 0 Å². The molecule has 0 atom stereocenters. The monoisotopic (exact) mass is 480 g/mol. The van der Waals surface area contributed by atoms with Gasteiger partial charge in [0, 0.05) is 15.7 Å². The van der Waals surface area contributed by atoms with E-state index in [0.717, 1.165) is 36.5 Å². The van der Waals surface area contributed by atoms with Crippen molar-refractivity contribution in [1.29, 1.82) is 0 Å². The molecule has 1 amide bonds. The summed E-state index contributed by atoms with van der Waals surface area (Å²) in [4.78, 5) is 17.7. The number of rotatable bonds is 5. The number of nitrogens with one attached hydrogen (secondary N) is 1. The highest BCUT2D eigenvalue weighted by Crippen LogP contribution is 2.32. The molecule has 0 unspecified atom stereocenters. The van der Waals surface area contributed by atoms with Crippen molar-refractivity contribution in [3.63, 3.8) is 0 Å². The van der Waals surface area contributed by atoms with E-state index < -0.39 is 5.60 Å². The Morgan fingerprint density at radius 3 is 2.53 bits per heavy atom. The van der Waals surface area contributed by atoms with Crippen LogP contribution in [0.5, 0.6) is 5.75 Å². The molecule has 0 aliphatic carbocycles. The van der Waals surface area contributed by atoms with E-state index in [4.69, 9.17) is 9.72 Å². The Labute approximate surface area is 188 Å². The first-order valence-corrected chi connectivity index (χ1v) is 11.2. The molecule has 0 radical (unpaired) electrons. The second-order valence-corrected chi connectivity index (χ2v) is 9.48. The minimum absolute atomic E-state index is 0.213. The van der Waals surface area contributed by atoms with Gasteiger partial charge in [-0.3, -0.25) is 4.79 Å². The Balaban J connectivity index is 1.56. The van der Waals surface area contributed by atoms with Crippen LogP contribution in [-0.4, -0.2) is 16.5 Å². The lowest BCUT2D eigenvalue weighted by molar-refractivity contribution is -0.128. The summed E-state index contributed by atoms with van der Waals surface area (Å²) >= 11 is 5.04. The number of hydrogen-bond acceptors (Lipinski definition) is 4. The Morgan fingerprint density at radius 1 is 1.07 bits per heavy atom. The lowest BCUT2D eigenvalue weighted by Gasteiger charge is -2.26. The van der Waals surface area contributed by atoms with Crippen LogP contribution in [0.3, 0.4) is 0 Å². The van der Waals surface area contributed by atoms with E-state index in [2.05, 4.69) is 27.3 Å². The number of halogens is 1. The summed E-state index contributed by atoms with van der Waals surface area (Å²) in [6.45, 7) is 5.49. The SMILES string of the molecule is Cc1ccc(-c2nc3ccccc3s2)cc1NC(=O)C(C)(C)Oc1ccc(Br)cc1. The maximum atomic E-state index is 13.0. The Bertz CT molecular complexity index is 1180. The van der Waals surface area contributed by atoms with Crippen LogP contribution in [0.25, 0.3) is 20.8 Å². The third kappa shape index (κ3) is 4.40. The molecular weight excluding hydrogens is 460 g/mol. The Morgan fingerprint density at radius 2 is 1.80 bits per heavy atom. The van der Waals surface area contributed by atoms with Crippen molar-refractivity contribution in [2.75, 3.05) is 5.32 Å². The van der Waals surface area contributed by atoms with Crippen LogP contribution in [0.15, 0.2) is 71.2 Å². The van der Waals surface area contributed by atoms with Gasteiger partial charge in [-0.15, -0.1) is 11.3 Å². The van der Waals surface area contributed by atoms with Gasteiger partial charge in [0.15, 0.2) is 5.60 Å². The number of hydrogen-bond donors (Lipinski definition) is 1. The average Bonchev–Trinajstić information content (AvgIpc) is 3.15. The van der Waals surface area contributed by atoms with Gasteiger partial charge >= 0.3 is 0 Å². The normalized spacial score (nSPS) is 11.5. The van der Waals surface area contributed by atoms with Gasteiger partial charge in [0.25, 0.3) is 5.91 Å². The lowest BCUT2D eigenvalue weighted by atomic mass is 10.1. The van der Waals surface area contributed by atoms with Gasteiger partial charge in [-0.25, -0.2) is 4.98 Å². The molecule has 6 heteroatoms. The van der Waals surface area contributed by atoms with E-state index in [9.17, 15) is 4.79 Å². The molecule has 0 aliphatic rings. The smallest absolute Gasteiger partial charge is 0.267 e. The number of para-hydroxylation sites is 1. The second kappa shape index (κ2) is 8.20. The topological polar surface area (TPSA) is 51.2 Å². The summed E-state index contributed by atoms with van der Waals surface area (Å²) in [5.41, 5.74) is 2.65. The fraction of sp³-hybridized carbons (Fsp3) is 0.167. The number of fused-ring (bicyclic) bond motifs is 1. The van der Waals surface area contributed by atoms with E-state index >= 15 is 0 Å². The molecule has 0 fully saturated rings. The van der Waals surface area contributed by atoms with Crippen molar-refractivity contribution < 1.29 is 9.53 Å². The molecule has 152 valence electrons. The number of benzene rings is 3. The van der Waals surface area contributed by atoms with E-state index in [1.807, 2.05) is 67.6 Å². The van der Waals surface area contributed by atoms with E-state index in [-0.39, 0.29) is 5.91 Å². The molecular formula is C24H21BrN2O2S. The molecule has 1 heterocycles. The maximum Gasteiger partial charge on any atom is 0.267 e. The number of nitrogens with zero attached hydrogens (tertiary/aromatic N) is 1. The van der Waals surface area contributed by atoms with Crippen molar-refractivity contribution in [3.05, 3.63) is 76.8 Å². The highest BCUT2D eigenvalue weighted by molar-refractivity contribution is 9.10. The molecule has 0 bridgehead atoms. The molecule has 4 aromatic rings. The summed E-state index contributed by atoms with van der Waals surface area (Å²) in [7, 11) is 0. The van der Waals surface area contributed by atoms with Crippen LogP contribution in [0.4, 0.5) is 5.69 Å². The number of ether oxygens (including phenoxy) is 1. The molecule has 0 saturated carbocycles.